The number of nitrogens with zero attached hydrogens (tertiary/aromatic N) is 1. The molecule has 1 aromatic rings. The monoisotopic (exact) mass is 297 g/mol. The lowest BCUT2D eigenvalue weighted by Gasteiger charge is -2.42. The fourth-order valence-corrected chi connectivity index (χ4v) is 3.15. The fourth-order valence-electron chi connectivity index (χ4n) is 3.15. The number of hydrogen-bond acceptors (Lipinski definition) is 4. The van der Waals surface area contributed by atoms with Crippen molar-refractivity contribution >= 4 is 24.1 Å². The van der Waals surface area contributed by atoms with Crippen LogP contribution in [0.1, 0.15) is 19.3 Å². The maximum absolute atomic E-state index is 12.4. The van der Waals surface area contributed by atoms with Crippen molar-refractivity contribution in [1.29, 1.82) is 0 Å². The standard InChI is InChI=1S/C14H19N3O2.ClH/c1-19-12-3-2-6-15-13(12)17-14(18)10-7-9-4-5-11(10)16-8-9;/h2-3,6,9-11,16H,4-5,7-8H2,1H3,(H,15,17,18);1H/t9-,10+,11+;/m0./s1. The highest BCUT2D eigenvalue weighted by Crippen LogP contribution is 2.34. The van der Waals surface area contributed by atoms with E-state index in [2.05, 4.69) is 15.6 Å². The predicted octanol–water partition coefficient (Wildman–Crippen LogP) is 1.84. The number of nitrogens with one attached hydrogen (secondary N) is 2. The second-order valence-corrected chi connectivity index (χ2v) is 5.34. The zero-order valence-electron chi connectivity index (χ0n) is 11.5. The number of fused-ring (bicyclic) bond motifs is 3. The Balaban J connectivity index is 0.00000147. The van der Waals surface area contributed by atoms with Crippen LogP contribution in [0.25, 0.3) is 0 Å². The molecule has 0 aromatic carbocycles. The van der Waals surface area contributed by atoms with E-state index in [0.29, 0.717) is 23.5 Å². The molecular weight excluding hydrogens is 278 g/mol. The number of pyridine rings is 1. The first-order valence-electron chi connectivity index (χ1n) is 6.81. The number of anilines is 1. The summed E-state index contributed by atoms with van der Waals surface area (Å²) < 4.78 is 5.20. The van der Waals surface area contributed by atoms with Gasteiger partial charge in [-0.15, -0.1) is 12.4 Å². The second kappa shape index (κ2) is 6.41. The molecule has 3 aliphatic rings. The molecule has 1 amide bonds. The summed E-state index contributed by atoms with van der Waals surface area (Å²) in [6, 6.07) is 3.91. The number of amides is 1. The van der Waals surface area contributed by atoms with E-state index in [1.54, 1.807) is 25.4 Å². The molecule has 1 aliphatic carbocycles. The molecule has 3 heterocycles. The minimum atomic E-state index is 0. The number of hydrogen-bond donors (Lipinski definition) is 2. The molecule has 1 aromatic heterocycles. The third kappa shape index (κ3) is 2.88. The van der Waals surface area contributed by atoms with Gasteiger partial charge in [-0.05, 0) is 43.9 Å². The van der Waals surface area contributed by atoms with E-state index in [0.717, 1.165) is 19.4 Å². The van der Waals surface area contributed by atoms with Gasteiger partial charge in [0.15, 0.2) is 11.6 Å². The Bertz CT molecular complexity index is 475. The lowest BCUT2D eigenvalue weighted by atomic mass is 9.73. The van der Waals surface area contributed by atoms with Gasteiger partial charge in [0, 0.05) is 12.2 Å². The summed E-state index contributed by atoms with van der Waals surface area (Å²) in [5.41, 5.74) is 0. The number of rotatable bonds is 3. The normalized spacial score (nSPS) is 27.6. The van der Waals surface area contributed by atoms with Crippen molar-refractivity contribution in [2.75, 3.05) is 19.0 Å². The van der Waals surface area contributed by atoms with E-state index in [4.69, 9.17) is 4.74 Å². The van der Waals surface area contributed by atoms with Crippen LogP contribution in [-0.4, -0.2) is 30.6 Å². The van der Waals surface area contributed by atoms with Crippen molar-refractivity contribution in [3.8, 4) is 5.75 Å². The van der Waals surface area contributed by atoms with Crippen molar-refractivity contribution < 1.29 is 9.53 Å². The van der Waals surface area contributed by atoms with Crippen LogP contribution in [-0.2, 0) is 4.79 Å². The molecule has 2 aliphatic heterocycles. The van der Waals surface area contributed by atoms with Crippen LogP contribution in [0.2, 0.25) is 0 Å². The topological polar surface area (TPSA) is 63.2 Å². The van der Waals surface area contributed by atoms with Crippen molar-refractivity contribution in [2.24, 2.45) is 11.8 Å². The number of ether oxygens (including phenoxy) is 1. The molecule has 6 heteroatoms. The predicted molar refractivity (Wildman–Crippen MR) is 79.3 cm³/mol. The van der Waals surface area contributed by atoms with Gasteiger partial charge in [0.2, 0.25) is 5.91 Å². The summed E-state index contributed by atoms with van der Waals surface area (Å²) in [6.45, 7) is 1.06. The third-order valence-corrected chi connectivity index (χ3v) is 4.20. The summed E-state index contributed by atoms with van der Waals surface area (Å²) >= 11 is 0. The summed E-state index contributed by atoms with van der Waals surface area (Å²) in [4.78, 5) is 16.5. The highest BCUT2D eigenvalue weighted by atomic mass is 35.5. The molecule has 3 atom stereocenters. The van der Waals surface area contributed by atoms with Gasteiger partial charge in [0.25, 0.3) is 0 Å². The molecule has 110 valence electrons. The summed E-state index contributed by atoms with van der Waals surface area (Å²) in [5.74, 6) is 1.87. The van der Waals surface area contributed by atoms with E-state index in [1.807, 2.05) is 0 Å². The van der Waals surface area contributed by atoms with E-state index >= 15 is 0 Å². The first-order valence-corrected chi connectivity index (χ1v) is 6.81. The molecule has 2 N–H and O–H groups in total. The molecule has 3 fully saturated rings. The fraction of sp³-hybridized carbons (Fsp3) is 0.571. The molecular formula is C14H20ClN3O2. The van der Waals surface area contributed by atoms with Crippen LogP contribution in [0, 0.1) is 11.8 Å². The molecule has 2 saturated heterocycles. The number of aromatic nitrogens is 1. The van der Waals surface area contributed by atoms with Crippen LogP contribution in [0.3, 0.4) is 0 Å². The Morgan fingerprint density at radius 2 is 2.35 bits per heavy atom. The Morgan fingerprint density at radius 3 is 2.95 bits per heavy atom. The van der Waals surface area contributed by atoms with Crippen molar-refractivity contribution in [2.45, 2.75) is 25.3 Å². The van der Waals surface area contributed by atoms with Crippen LogP contribution in [0.15, 0.2) is 18.3 Å². The zero-order chi connectivity index (χ0) is 13.2. The molecule has 0 radical (unpaired) electrons. The van der Waals surface area contributed by atoms with Crippen LogP contribution < -0.4 is 15.4 Å². The average molecular weight is 298 g/mol. The van der Waals surface area contributed by atoms with Gasteiger partial charge in [0.1, 0.15) is 0 Å². The van der Waals surface area contributed by atoms with E-state index in [-0.39, 0.29) is 24.2 Å². The minimum Gasteiger partial charge on any atom is -0.493 e. The van der Waals surface area contributed by atoms with Crippen LogP contribution in [0.4, 0.5) is 5.82 Å². The van der Waals surface area contributed by atoms with Gasteiger partial charge in [-0.3, -0.25) is 4.79 Å². The molecule has 5 nitrogen and oxygen atoms in total. The van der Waals surface area contributed by atoms with Gasteiger partial charge < -0.3 is 15.4 Å². The maximum Gasteiger partial charge on any atom is 0.230 e. The zero-order valence-corrected chi connectivity index (χ0v) is 12.3. The Hall–Kier alpha value is -1.33. The van der Waals surface area contributed by atoms with Crippen LogP contribution >= 0.6 is 12.4 Å². The summed E-state index contributed by atoms with van der Waals surface area (Å²) in [5, 5.41) is 6.35. The van der Waals surface area contributed by atoms with Crippen molar-refractivity contribution in [3.05, 3.63) is 18.3 Å². The summed E-state index contributed by atoms with van der Waals surface area (Å²) in [6.07, 6.45) is 4.98. The SMILES string of the molecule is COc1cccnc1NC(=O)[C@@H]1C[C@@H]2CC[C@H]1NC2.Cl. The number of halogens is 1. The average Bonchev–Trinajstić information content (AvgIpc) is 2.49. The van der Waals surface area contributed by atoms with E-state index < -0.39 is 0 Å². The summed E-state index contributed by atoms with van der Waals surface area (Å²) in [7, 11) is 1.58. The van der Waals surface area contributed by atoms with E-state index in [1.165, 1.54) is 6.42 Å². The number of methoxy groups -OCH3 is 1. The Morgan fingerprint density at radius 1 is 1.50 bits per heavy atom. The highest BCUT2D eigenvalue weighted by molar-refractivity contribution is 5.93. The smallest absolute Gasteiger partial charge is 0.230 e. The lowest BCUT2D eigenvalue weighted by Crippen LogP contribution is -2.53. The molecule has 0 spiro atoms. The first kappa shape index (κ1) is 15.1. The lowest BCUT2D eigenvalue weighted by molar-refractivity contribution is -0.123. The molecule has 4 rings (SSSR count). The number of carbonyl (C=O) groups excluding carboxylic acids is 1. The Kier molecular flexibility index (Phi) is 4.83. The van der Waals surface area contributed by atoms with Gasteiger partial charge in [0.05, 0.1) is 13.0 Å². The quantitative estimate of drug-likeness (QED) is 0.893. The van der Waals surface area contributed by atoms with E-state index in [9.17, 15) is 4.79 Å². The number of carbonyl (C=O) groups is 1. The minimum absolute atomic E-state index is 0. The van der Waals surface area contributed by atoms with Crippen molar-refractivity contribution in [3.63, 3.8) is 0 Å². The number of piperidine rings is 2. The molecule has 2 bridgehead atoms. The van der Waals surface area contributed by atoms with Gasteiger partial charge in [-0.25, -0.2) is 4.98 Å². The van der Waals surface area contributed by atoms with Crippen LogP contribution in [0.5, 0.6) is 5.75 Å². The highest BCUT2D eigenvalue weighted by Gasteiger charge is 2.39. The van der Waals surface area contributed by atoms with Gasteiger partial charge >= 0.3 is 0 Å². The third-order valence-electron chi connectivity index (χ3n) is 4.20. The maximum atomic E-state index is 12.4. The van der Waals surface area contributed by atoms with Crippen molar-refractivity contribution in [1.82, 2.24) is 10.3 Å². The first-order chi connectivity index (χ1) is 9.28. The van der Waals surface area contributed by atoms with Gasteiger partial charge in [-0.2, -0.15) is 0 Å². The molecule has 1 saturated carbocycles. The molecule has 20 heavy (non-hydrogen) atoms. The van der Waals surface area contributed by atoms with Gasteiger partial charge in [-0.1, -0.05) is 0 Å². The Labute approximate surface area is 124 Å². The second-order valence-electron chi connectivity index (χ2n) is 5.34. The largest absolute Gasteiger partial charge is 0.493 e. The molecule has 0 unspecified atom stereocenters.